The van der Waals surface area contributed by atoms with Crippen LogP contribution in [0.15, 0.2) is 17.6 Å². The van der Waals surface area contributed by atoms with Crippen molar-refractivity contribution in [3.8, 4) is 0 Å². The van der Waals surface area contributed by atoms with Crippen LogP contribution in [-0.2, 0) is 4.74 Å². The van der Waals surface area contributed by atoms with Gasteiger partial charge in [-0.25, -0.2) is 0 Å². The second-order valence-electron chi connectivity index (χ2n) is 4.26. The van der Waals surface area contributed by atoms with Crippen LogP contribution in [0.4, 0.5) is 0 Å². The molecule has 0 unspecified atom stereocenters. The molecule has 2 atom stereocenters. The van der Waals surface area contributed by atoms with Gasteiger partial charge in [0.2, 0.25) is 0 Å². The van der Waals surface area contributed by atoms with Gasteiger partial charge in [0, 0.05) is 25.1 Å². The van der Waals surface area contributed by atoms with E-state index in [1.165, 1.54) is 12.8 Å². The molecule has 0 amide bonds. The van der Waals surface area contributed by atoms with Crippen LogP contribution in [0.3, 0.4) is 0 Å². The largest absolute Gasteiger partial charge is 0.374 e. The molecule has 0 aromatic heterocycles. The Kier molecular flexibility index (Phi) is 5.54. The summed E-state index contributed by atoms with van der Waals surface area (Å²) in [4.78, 5) is 4.34. The van der Waals surface area contributed by atoms with Gasteiger partial charge in [0.05, 0.1) is 6.10 Å². The molecule has 1 aliphatic carbocycles. The summed E-state index contributed by atoms with van der Waals surface area (Å²) in [6, 6.07) is 0.573. The molecule has 5 heteroatoms. The highest BCUT2D eigenvalue weighted by Gasteiger charge is 2.26. The molecule has 1 saturated heterocycles. The van der Waals surface area contributed by atoms with Gasteiger partial charge in [-0.3, -0.25) is 4.99 Å². The lowest BCUT2D eigenvalue weighted by molar-refractivity contribution is 0.129. The number of aliphatic imine (C=N–C) groups is 1. The Morgan fingerprint density at radius 2 is 2.25 bits per heavy atom. The first-order valence-corrected chi connectivity index (χ1v) is 5.60. The number of nitrogens with zero attached hydrogens (tertiary/aromatic N) is 1. The molecule has 1 heterocycles. The Hall–Kier alpha value is -0.300. The van der Waals surface area contributed by atoms with E-state index in [0.717, 1.165) is 19.6 Å². The summed E-state index contributed by atoms with van der Waals surface area (Å²) in [5.41, 5.74) is 5.75. The van der Waals surface area contributed by atoms with Gasteiger partial charge in [0.15, 0.2) is 5.96 Å². The van der Waals surface area contributed by atoms with Gasteiger partial charge in [0.1, 0.15) is 0 Å². The van der Waals surface area contributed by atoms with Crippen molar-refractivity contribution in [3.05, 3.63) is 12.7 Å². The van der Waals surface area contributed by atoms with Crippen LogP contribution in [0.1, 0.15) is 19.3 Å². The number of nitrogens with one attached hydrogen (secondary N) is 1. The van der Waals surface area contributed by atoms with E-state index in [2.05, 4.69) is 16.9 Å². The number of hydrogen-bond acceptors (Lipinski definition) is 2. The predicted octanol–water partition coefficient (Wildman–Crippen LogP) is 1.26. The zero-order chi connectivity index (χ0) is 10.7. The molecule has 92 valence electrons. The topological polar surface area (TPSA) is 59.6 Å². The van der Waals surface area contributed by atoms with E-state index in [0.29, 0.717) is 17.9 Å². The fourth-order valence-electron chi connectivity index (χ4n) is 1.81. The van der Waals surface area contributed by atoms with Gasteiger partial charge in [-0.1, -0.05) is 6.08 Å². The van der Waals surface area contributed by atoms with Gasteiger partial charge in [-0.05, 0) is 19.3 Å². The maximum atomic E-state index is 5.75. The Labute approximate surface area is 114 Å². The molecule has 2 aliphatic rings. The summed E-state index contributed by atoms with van der Waals surface area (Å²) in [6.07, 6.45) is 5.51. The zero-order valence-corrected chi connectivity index (χ0v) is 11.7. The third-order valence-electron chi connectivity index (χ3n) is 2.92. The summed E-state index contributed by atoms with van der Waals surface area (Å²) in [5.74, 6) is 1.02. The van der Waals surface area contributed by atoms with Crippen molar-refractivity contribution in [2.75, 3.05) is 13.2 Å². The van der Waals surface area contributed by atoms with Crippen molar-refractivity contribution in [1.82, 2.24) is 5.32 Å². The maximum Gasteiger partial charge on any atom is 0.188 e. The first-order chi connectivity index (χ1) is 7.29. The molecule has 4 nitrogen and oxygen atoms in total. The fraction of sp³-hybridized carbons (Fsp3) is 0.727. The normalized spacial score (nSPS) is 29.6. The Balaban J connectivity index is 0.00000128. The van der Waals surface area contributed by atoms with Crippen LogP contribution in [0.25, 0.3) is 0 Å². The van der Waals surface area contributed by atoms with Gasteiger partial charge < -0.3 is 15.8 Å². The van der Waals surface area contributed by atoms with Crippen LogP contribution >= 0.6 is 24.0 Å². The molecular weight excluding hydrogens is 317 g/mol. The van der Waals surface area contributed by atoms with Crippen LogP contribution in [-0.4, -0.2) is 31.3 Å². The van der Waals surface area contributed by atoms with Crippen molar-refractivity contribution >= 4 is 29.9 Å². The highest BCUT2D eigenvalue weighted by atomic mass is 127. The molecule has 0 bridgehead atoms. The second-order valence-corrected chi connectivity index (χ2v) is 4.26. The minimum absolute atomic E-state index is 0. The number of halogens is 1. The Bertz CT molecular complexity index is 266. The monoisotopic (exact) mass is 337 g/mol. The highest BCUT2D eigenvalue weighted by Crippen LogP contribution is 2.22. The molecule has 0 radical (unpaired) electrons. The van der Waals surface area contributed by atoms with Gasteiger partial charge in [-0.2, -0.15) is 0 Å². The van der Waals surface area contributed by atoms with E-state index < -0.39 is 0 Å². The Morgan fingerprint density at radius 1 is 1.50 bits per heavy atom. The molecule has 0 aromatic carbocycles. The summed E-state index contributed by atoms with van der Waals surface area (Å²) >= 11 is 0. The zero-order valence-electron chi connectivity index (χ0n) is 9.39. The van der Waals surface area contributed by atoms with E-state index in [4.69, 9.17) is 10.5 Å². The number of hydrogen-bond donors (Lipinski definition) is 2. The van der Waals surface area contributed by atoms with Crippen LogP contribution in [0.5, 0.6) is 0 Å². The maximum absolute atomic E-state index is 5.75. The lowest BCUT2D eigenvalue weighted by Gasteiger charge is -2.12. The second kappa shape index (κ2) is 6.44. The molecule has 1 saturated carbocycles. The highest BCUT2D eigenvalue weighted by molar-refractivity contribution is 14.0. The molecule has 3 N–H and O–H groups in total. The number of rotatable bonds is 4. The summed E-state index contributed by atoms with van der Waals surface area (Å²) in [5, 5.41) is 3.17. The molecule has 1 aliphatic heterocycles. The van der Waals surface area contributed by atoms with Gasteiger partial charge in [-0.15, -0.1) is 30.6 Å². The first-order valence-electron chi connectivity index (χ1n) is 5.60. The number of nitrogens with two attached hydrogens (primary N) is 1. The molecule has 0 spiro atoms. The smallest absolute Gasteiger partial charge is 0.188 e. The molecule has 2 fully saturated rings. The van der Waals surface area contributed by atoms with Crippen molar-refractivity contribution < 1.29 is 4.74 Å². The molecule has 2 rings (SSSR count). The Morgan fingerprint density at radius 3 is 2.88 bits per heavy atom. The standard InChI is InChI=1S/C11H19N3O.HI/c1-2-10-8(5-6-15-10)7-13-11(12)14-9-3-4-9;/h2,8-10H,1,3-7H2,(H3,12,13,14);1H/t8-,10-;/m0./s1. The van der Waals surface area contributed by atoms with Crippen LogP contribution < -0.4 is 11.1 Å². The third-order valence-corrected chi connectivity index (χ3v) is 2.92. The van der Waals surface area contributed by atoms with Crippen molar-refractivity contribution in [3.63, 3.8) is 0 Å². The average Bonchev–Trinajstić information content (AvgIpc) is 2.92. The van der Waals surface area contributed by atoms with E-state index in [-0.39, 0.29) is 30.1 Å². The third kappa shape index (κ3) is 3.93. The predicted molar refractivity (Wildman–Crippen MR) is 76.1 cm³/mol. The average molecular weight is 337 g/mol. The van der Waals surface area contributed by atoms with E-state index in [1.54, 1.807) is 0 Å². The quantitative estimate of drug-likeness (QED) is 0.351. The lowest BCUT2D eigenvalue weighted by Crippen LogP contribution is -2.34. The number of ether oxygens (including phenoxy) is 1. The van der Waals surface area contributed by atoms with Gasteiger partial charge >= 0.3 is 0 Å². The fourth-order valence-corrected chi connectivity index (χ4v) is 1.81. The summed E-state index contributed by atoms with van der Waals surface area (Å²) in [6.45, 7) is 5.31. The molecule has 0 aromatic rings. The van der Waals surface area contributed by atoms with Crippen molar-refractivity contribution in [1.29, 1.82) is 0 Å². The van der Waals surface area contributed by atoms with Gasteiger partial charge in [0.25, 0.3) is 0 Å². The van der Waals surface area contributed by atoms with Crippen LogP contribution in [0.2, 0.25) is 0 Å². The minimum atomic E-state index is 0. The summed E-state index contributed by atoms with van der Waals surface area (Å²) in [7, 11) is 0. The van der Waals surface area contributed by atoms with Crippen molar-refractivity contribution in [2.45, 2.75) is 31.4 Å². The van der Waals surface area contributed by atoms with E-state index in [1.807, 2.05) is 6.08 Å². The van der Waals surface area contributed by atoms with Crippen LogP contribution in [0, 0.1) is 5.92 Å². The van der Waals surface area contributed by atoms with E-state index >= 15 is 0 Å². The first kappa shape index (κ1) is 13.8. The molecule has 16 heavy (non-hydrogen) atoms. The van der Waals surface area contributed by atoms with Crippen molar-refractivity contribution in [2.24, 2.45) is 16.6 Å². The lowest BCUT2D eigenvalue weighted by atomic mass is 10.0. The SMILES string of the molecule is C=C[C@@H]1OCC[C@H]1CN=C(N)NC1CC1.I. The molecular formula is C11H20IN3O. The van der Waals surface area contributed by atoms with E-state index in [9.17, 15) is 0 Å². The number of guanidine groups is 1. The minimum Gasteiger partial charge on any atom is -0.374 e. The summed E-state index contributed by atoms with van der Waals surface area (Å²) < 4.78 is 5.49.